The van der Waals surface area contributed by atoms with Crippen molar-refractivity contribution in [3.05, 3.63) is 30.1 Å². The molecule has 0 aromatic heterocycles. The van der Waals surface area contributed by atoms with Crippen LogP contribution < -0.4 is 4.90 Å². The predicted molar refractivity (Wildman–Crippen MR) is 56.4 cm³/mol. The lowest BCUT2D eigenvalue weighted by Crippen LogP contribution is -2.31. The fourth-order valence-electron chi connectivity index (χ4n) is 1.27. The Balaban J connectivity index is 2.92. The van der Waals surface area contributed by atoms with Crippen molar-refractivity contribution in [3.8, 4) is 0 Å². The van der Waals surface area contributed by atoms with Gasteiger partial charge in [0.15, 0.2) is 0 Å². The summed E-state index contributed by atoms with van der Waals surface area (Å²) in [4.78, 5) is 12.7. The summed E-state index contributed by atoms with van der Waals surface area (Å²) in [6.07, 6.45) is -0.523. The SMILES string of the molecule is CCOC(=O)N(CC)c1ccccc1F. The van der Waals surface area contributed by atoms with E-state index in [4.69, 9.17) is 4.74 Å². The van der Waals surface area contributed by atoms with E-state index < -0.39 is 11.9 Å². The van der Waals surface area contributed by atoms with E-state index in [-0.39, 0.29) is 12.3 Å². The molecule has 0 aliphatic heterocycles. The maximum Gasteiger partial charge on any atom is 0.414 e. The van der Waals surface area contributed by atoms with Gasteiger partial charge in [-0.05, 0) is 26.0 Å². The predicted octanol–water partition coefficient (Wildman–Crippen LogP) is 2.81. The van der Waals surface area contributed by atoms with Gasteiger partial charge in [0, 0.05) is 6.54 Å². The Morgan fingerprint density at radius 3 is 2.60 bits per heavy atom. The number of anilines is 1. The molecule has 4 heteroatoms. The van der Waals surface area contributed by atoms with Crippen LogP contribution in [0.4, 0.5) is 14.9 Å². The van der Waals surface area contributed by atoms with E-state index in [0.717, 1.165) is 0 Å². The van der Waals surface area contributed by atoms with Gasteiger partial charge in [0.2, 0.25) is 0 Å². The molecule has 1 aromatic carbocycles. The summed E-state index contributed by atoms with van der Waals surface area (Å²) in [5.74, 6) is -0.424. The molecule has 0 bridgehead atoms. The fourth-order valence-corrected chi connectivity index (χ4v) is 1.27. The molecule has 0 aliphatic carbocycles. The minimum absolute atomic E-state index is 0.249. The molecule has 1 aromatic rings. The zero-order valence-electron chi connectivity index (χ0n) is 8.87. The van der Waals surface area contributed by atoms with E-state index in [9.17, 15) is 9.18 Å². The van der Waals surface area contributed by atoms with Crippen LogP contribution >= 0.6 is 0 Å². The highest BCUT2D eigenvalue weighted by Crippen LogP contribution is 2.18. The first-order valence-corrected chi connectivity index (χ1v) is 4.89. The van der Waals surface area contributed by atoms with Crippen LogP contribution in [-0.2, 0) is 4.74 Å². The third kappa shape index (κ3) is 2.68. The van der Waals surface area contributed by atoms with Gasteiger partial charge in [0.25, 0.3) is 0 Å². The van der Waals surface area contributed by atoms with Gasteiger partial charge in [0.1, 0.15) is 5.82 Å². The number of benzene rings is 1. The van der Waals surface area contributed by atoms with Crippen LogP contribution in [0.1, 0.15) is 13.8 Å². The van der Waals surface area contributed by atoms with Crippen LogP contribution in [0.25, 0.3) is 0 Å². The van der Waals surface area contributed by atoms with Gasteiger partial charge in [-0.2, -0.15) is 0 Å². The molecule has 0 radical (unpaired) electrons. The monoisotopic (exact) mass is 211 g/mol. The van der Waals surface area contributed by atoms with Gasteiger partial charge in [-0.3, -0.25) is 4.90 Å². The van der Waals surface area contributed by atoms with Crippen LogP contribution in [0, 0.1) is 5.82 Å². The number of para-hydroxylation sites is 1. The molecule has 15 heavy (non-hydrogen) atoms. The second-order valence-corrected chi connectivity index (χ2v) is 2.89. The summed E-state index contributed by atoms with van der Waals surface area (Å²) in [5, 5.41) is 0. The maximum absolute atomic E-state index is 13.4. The molecule has 1 amide bonds. The minimum Gasteiger partial charge on any atom is -0.449 e. The Morgan fingerprint density at radius 1 is 1.40 bits per heavy atom. The zero-order valence-corrected chi connectivity index (χ0v) is 8.87. The number of amides is 1. The number of halogens is 1. The summed E-state index contributed by atoms with van der Waals surface area (Å²) < 4.78 is 18.2. The van der Waals surface area contributed by atoms with Crippen LogP contribution in [0.5, 0.6) is 0 Å². The Hall–Kier alpha value is -1.58. The summed E-state index contributed by atoms with van der Waals surface area (Å²) in [5.41, 5.74) is 0.249. The Labute approximate surface area is 88.5 Å². The number of carbonyl (C=O) groups excluding carboxylic acids is 1. The lowest BCUT2D eigenvalue weighted by molar-refractivity contribution is 0.160. The molecule has 0 spiro atoms. The van der Waals surface area contributed by atoms with Crippen molar-refractivity contribution in [1.82, 2.24) is 0 Å². The van der Waals surface area contributed by atoms with Crippen molar-refractivity contribution in [2.45, 2.75) is 13.8 Å². The van der Waals surface area contributed by atoms with Crippen molar-refractivity contribution in [2.24, 2.45) is 0 Å². The molecule has 0 N–H and O–H groups in total. The molecule has 3 nitrogen and oxygen atoms in total. The molecule has 0 saturated carbocycles. The van der Waals surface area contributed by atoms with E-state index in [1.165, 1.54) is 11.0 Å². The van der Waals surface area contributed by atoms with Crippen LogP contribution in [0.3, 0.4) is 0 Å². The van der Waals surface area contributed by atoms with Crippen LogP contribution in [-0.4, -0.2) is 19.2 Å². The molecular weight excluding hydrogens is 197 g/mol. The average molecular weight is 211 g/mol. The number of nitrogens with zero attached hydrogens (tertiary/aromatic N) is 1. The lowest BCUT2D eigenvalue weighted by atomic mass is 10.3. The number of hydrogen-bond donors (Lipinski definition) is 0. The average Bonchev–Trinajstić information content (AvgIpc) is 2.22. The Bertz CT molecular complexity index is 341. The molecule has 82 valence electrons. The second-order valence-electron chi connectivity index (χ2n) is 2.89. The summed E-state index contributed by atoms with van der Waals surface area (Å²) in [6, 6.07) is 6.13. The minimum atomic E-state index is -0.523. The molecule has 0 fully saturated rings. The normalized spacial score (nSPS) is 9.80. The van der Waals surface area contributed by atoms with Gasteiger partial charge in [-0.1, -0.05) is 12.1 Å². The van der Waals surface area contributed by atoms with Crippen molar-refractivity contribution in [2.75, 3.05) is 18.1 Å². The highest BCUT2D eigenvalue weighted by atomic mass is 19.1. The van der Waals surface area contributed by atoms with E-state index in [1.807, 2.05) is 0 Å². The molecule has 0 atom stereocenters. The molecule has 0 heterocycles. The third-order valence-electron chi connectivity index (χ3n) is 1.95. The zero-order chi connectivity index (χ0) is 11.3. The fraction of sp³-hybridized carbons (Fsp3) is 0.364. The standard InChI is InChI=1S/C11H14FNO2/c1-3-13(11(14)15-4-2)10-8-6-5-7-9(10)12/h5-8H,3-4H2,1-2H3. The van der Waals surface area contributed by atoms with Crippen molar-refractivity contribution >= 4 is 11.8 Å². The summed E-state index contributed by atoms with van der Waals surface area (Å²) in [6.45, 7) is 4.14. The van der Waals surface area contributed by atoms with Crippen molar-refractivity contribution < 1.29 is 13.9 Å². The van der Waals surface area contributed by atoms with Crippen molar-refractivity contribution in [3.63, 3.8) is 0 Å². The van der Waals surface area contributed by atoms with Gasteiger partial charge < -0.3 is 4.74 Å². The Kier molecular flexibility index (Phi) is 4.09. The maximum atomic E-state index is 13.4. The van der Waals surface area contributed by atoms with Gasteiger partial charge in [0.05, 0.1) is 12.3 Å². The van der Waals surface area contributed by atoms with E-state index in [0.29, 0.717) is 6.54 Å². The highest BCUT2D eigenvalue weighted by Gasteiger charge is 2.17. The molecule has 1 rings (SSSR count). The molecule has 0 saturated heterocycles. The molecule has 0 unspecified atom stereocenters. The van der Waals surface area contributed by atoms with Crippen LogP contribution in [0.15, 0.2) is 24.3 Å². The van der Waals surface area contributed by atoms with Crippen molar-refractivity contribution in [1.29, 1.82) is 0 Å². The first-order valence-electron chi connectivity index (χ1n) is 4.89. The number of rotatable bonds is 3. The summed E-state index contributed by atoms with van der Waals surface area (Å²) >= 11 is 0. The first-order chi connectivity index (χ1) is 7.20. The van der Waals surface area contributed by atoms with Gasteiger partial charge in [-0.15, -0.1) is 0 Å². The first kappa shape index (κ1) is 11.5. The van der Waals surface area contributed by atoms with E-state index in [2.05, 4.69) is 0 Å². The number of ether oxygens (including phenoxy) is 1. The number of carbonyl (C=O) groups is 1. The quantitative estimate of drug-likeness (QED) is 0.769. The van der Waals surface area contributed by atoms with E-state index in [1.54, 1.807) is 32.0 Å². The lowest BCUT2D eigenvalue weighted by Gasteiger charge is -2.20. The van der Waals surface area contributed by atoms with Crippen LogP contribution in [0.2, 0.25) is 0 Å². The topological polar surface area (TPSA) is 29.5 Å². The molecule has 0 aliphatic rings. The highest BCUT2D eigenvalue weighted by molar-refractivity contribution is 5.87. The largest absolute Gasteiger partial charge is 0.449 e. The second kappa shape index (κ2) is 5.34. The Morgan fingerprint density at radius 2 is 2.07 bits per heavy atom. The smallest absolute Gasteiger partial charge is 0.414 e. The van der Waals surface area contributed by atoms with Gasteiger partial charge >= 0.3 is 6.09 Å². The van der Waals surface area contributed by atoms with Gasteiger partial charge in [-0.25, -0.2) is 9.18 Å². The third-order valence-corrected chi connectivity index (χ3v) is 1.95. The van der Waals surface area contributed by atoms with E-state index >= 15 is 0 Å². The molecular formula is C11H14FNO2. The summed E-state index contributed by atoms with van der Waals surface area (Å²) in [7, 11) is 0. The number of hydrogen-bond acceptors (Lipinski definition) is 2.